The van der Waals surface area contributed by atoms with Crippen molar-refractivity contribution in [3.63, 3.8) is 0 Å². The Morgan fingerprint density at radius 2 is 1.78 bits per heavy atom. The van der Waals surface area contributed by atoms with Crippen LogP contribution in [0.4, 0.5) is 5.69 Å². The average molecular weight is 481 g/mol. The minimum atomic E-state index is -3.29. The van der Waals surface area contributed by atoms with Crippen molar-refractivity contribution < 1.29 is 27.5 Å². The highest BCUT2D eigenvalue weighted by molar-refractivity contribution is 7.90. The normalized spacial score (nSPS) is 17.2. The first-order valence-electron chi connectivity index (χ1n) is 9.87. The summed E-state index contributed by atoms with van der Waals surface area (Å²) in [5.74, 6) is -0.191. The van der Waals surface area contributed by atoms with Gasteiger partial charge in [0.15, 0.2) is 9.84 Å². The lowest BCUT2D eigenvalue weighted by atomic mass is 10.1. The monoisotopic (exact) mass is 480 g/mol. The SMILES string of the molecule is COc1cc(OC)c(N2CC(C(=O)NC(C)c3ccc(S(C)(=O)=O)cc3)CC2=O)cc1Cl. The van der Waals surface area contributed by atoms with Crippen LogP contribution in [0.1, 0.15) is 24.9 Å². The number of amides is 2. The maximum Gasteiger partial charge on any atom is 0.227 e. The van der Waals surface area contributed by atoms with E-state index in [1.54, 1.807) is 31.2 Å². The summed E-state index contributed by atoms with van der Waals surface area (Å²) >= 11 is 6.22. The van der Waals surface area contributed by atoms with Gasteiger partial charge in [-0.2, -0.15) is 0 Å². The van der Waals surface area contributed by atoms with E-state index in [0.29, 0.717) is 22.2 Å². The summed E-state index contributed by atoms with van der Waals surface area (Å²) in [7, 11) is -0.328. The van der Waals surface area contributed by atoms with Crippen molar-refractivity contribution in [3.8, 4) is 11.5 Å². The quantitative estimate of drug-likeness (QED) is 0.653. The predicted molar refractivity (Wildman–Crippen MR) is 121 cm³/mol. The van der Waals surface area contributed by atoms with Crippen LogP contribution in [0.2, 0.25) is 5.02 Å². The topological polar surface area (TPSA) is 102 Å². The molecule has 0 radical (unpaired) electrons. The number of carbonyl (C=O) groups excluding carboxylic acids is 2. The molecule has 0 bridgehead atoms. The van der Waals surface area contributed by atoms with E-state index in [1.807, 2.05) is 0 Å². The van der Waals surface area contributed by atoms with Gasteiger partial charge in [0.2, 0.25) is 11.8 Å². The molecule has 1 aliphatic rings. The summed E-state index contributed by atoms with van der Waals surface area (Å²) in [6.45, 7) is 1.98. The molecule has 3 rings (SSSR count). The maximum absolute atomic E-state index is 12.8. The van der Waals surface area contributed by atoms with Gasteiger partial charge in [0.25, 0.3) is 0 Å². The number of rotatable bonds is 7. The molecule has 2 unspecified atom stereocenters. The lowest BCUT2D eigenvalue weighted by Crippen LogP contribution is -2.34. The van der Waals surface area contributed by atoms with Crippen LogP contribution in [0.3, 0.4) is 0 Å². The molecular weight excluding hydrogens is 456 g/mol. The van der Waals surface area contributed by atoms with Crippen LogP contribution in [0.25, 0.3) is 0 Å². The first-order valence-corrected chi connectivity index (χ1v) is 12.1. The minimum Gasteiger partial charge on any atom is -0.495 e. The molecule has 0 aliphatic carbocycles. The highest BCUT2D eigenvalue weighted by atomic mass is 35.5. The van der Waals surface area contributed by atoms with E-state index in [0.717, 1.165) is 11.8 Å². The molecule has 2 aromatic rings. The molecule has 1 heterocycles. The second kappa shape index (κ2) is 9.38. The summed E-state index contributed by atoms with van der Waals surface area (Å²) in [4.78, 5) is 27.2. The van der Waals surface area contributed by atoms with Gasteiger partial charge < -0.3 is 19.7 Å². The van der Waals surface area contributed by atoms with Gasteiger partial charge in [-0.15, -0.1) is 0 Å². The van der Waals surface area contributed by atoms with Crippen molar-refractivity contribution in [1.29, 1.82) is 0 Å². The van der Waals surface area contributed by atoms with Gasteiger partial charge in [0.1, 0.15) is 11.5 Å². The van der Waals surface area contributed by atoms with Gasteiger partial charge in [-0.1, -0.05) is 23.7 Å². The molecule has 2 amide bonds. The number of halogens is 1. The van der Waals surface area contributed by atoms with Crippen molar-refractivity contribution in [1.82, 2.24) is 5.32 Å². The van der Waals surface area contributed by atoms with Crippen molar-refractivity contribution in [3.05, 3.63) is 47.0 Å². The summed E-state index contributed by atoms with van der Waals surface area (Å²) in [6.07, 6.45) is 1.19. The largest absolute Gasteiger partial charge is 0.495 e. The van der Waals surface area contributed by atoms with E-state index < -0.39 is 15.8 Å². The van der Waals surface area contributed by atoms with E-state index in [-0.39, 0.29) is 35.7 Å². The molecular formula is C22H25ClN2O6S. The summed E-state index contributed by atoms with van der Waals surface area (Å²) in [6, 6.07) is 9.17. The lowest BCUT2D eigenvalue weighted by Gasteiger charge is -2.21. The van der Waals surface area contributed by atoms with Gasteiger partial charge in [0.05, 0.1) is 41.8 Å². The van der Waals surface area contributed by atoms with E-state index in [9.17, 15) is 18.0 Å². The van der Waals surface area contributed by atoms with Crippen LogP contribution >= 0.6 is 11.6 Å². The molecule has 8 nitrogen and oxygen atoms in total. The van der Waals surface area contributed by atoms with Crippen LogP contribution in [0.5, 0.6) is 11.5 Å². The molecule has 1 saturated heterocycles. The third-order valence-electron chi connectivity index (χ3n) is 5.41. The van der Waals surface area contributed by atoms with E-state index >= 15 is 0 Å². The molecule has 172 valence electrons. The Labute approximate surface area is 192 Å². The molecule has 0 aromatic heterocycles. The smallest absolute Gasteiger partial charge is 0.227 e. The predicted octanol–water partition coefficient (Wildman–Crippen LogP) is 2.99. The minimum absolute atomic E-state index is 0.0539. The number of nitrogens with zero attached hydrogens (tertiary/aromatic N) is 1. The first kappa shape index (κ1) is 23.9. The highest BCUT2D eigenvalue weighted by Gasteiger charge is 2.37. The zero-order valence-electron chi connectivity index (χ0n) is 18.2. The molecule has 1 fully saturated rings. The molecule has 32 heavy (non-hydrogen) atoms. The molecule has 0 saturated carbocycles. The number of hydrogen-bond acceptors (Lipinski definition) is 6. The van der Waals surface area contributed by atoms with Gasteiger partial charge in [0, 0.05) is 25.3 Å². The number of carbonyl (C=O) groups is 2. The first-order chi connectivity index (χ1) is 15.0. The van der Waals surface area contributed by atoms with Crippen molar-refractivity contribution in [2.75, 3.05) is 31.9 Å². The van der Waals surface area contributed by atoms with Gasteiger partial charge >= 0.3 is 0 Å². The number of ether oxygens (including phenoxy) is 2. The molecule has 1 aliphatic heterocycles. The number of nitrogens with one attached hydrogen (secondary N) is 1. The highest BCUT2D eigenvalue weighted by Crippen LogP contribution is 2.40. The fourth-order valence-electron chi connectivity index (χ4n) is 3.59. The van der Waals surface area contributed by atoms with Crippen LogP contribution in [0, 0.1) is 5.92 Å². The van der Waals surface area contributed by atoms with Gasteiger partial charge in [-0.3, -0.25) is 9.59 Å². The van der Waals surface area contributed by atoms with E-state index in [2.05, 4.69) is 5.32 Å². The molecule has 2 aromatic carbocycles. The zero-order chi connectivity index (χ0) is 23.6. The molecule has 1 N–H and O–H groups in total. The molecule has 0 spiro atoms. The number of anilines is 1. The van der Waals surface area contributed by atoms with Crippen LogP contribution in [-0.4, -0.2) is 47.3 Å². The molecule has 10 heteroatoms. The van der Waals surface area contributed by atoms with Crippen molar-refractivity contribution in [2.45, 2.75) is 24.3 Å². The Morgan fingerprint density at radius 3 is 2.34 bits per heavy atom. The molecule has 2 atom stereocenters. The Bertz CT molecular complexity index is 1130. The number of hydrogen-bond donors (Lipinski definition) is 1. The lowest BCUT2D eigenvalue weighted by molar-refractivity contribution is -0.126. The van der Waals surface area contributed by atoms with Crippen molar-refractivity contribution >= 4 is 38.9 Å². The fraction of sp³-hybridized carbons (Fsp3) is 0.364. The van der Waals surface area contributed by atoms with Crippen LogP contribution in [0.15, 0.2) is 41.3 Å². The Kier molecular flexibility index (Phi) is 7.00. The average Bonchev–Trinajstić information content (AvgIpc) is 3.14. The number of sulfone groups is 1. The summed E-state index contributed by atoms with van der Waals surface area (Å²) in [5, 5.41) is 3.23. The van der Waals surface area contributed by atoms with Crippen LogP contribution in [-0.2, 0) is 19.4 Å². The third-order valence-corrected chi connectivity index (χ3v) is 6.83. The van der Waals surface area contributed by atoms with Crippen molar-refractivity contribution in [2.24, 2.45) is 5.92 Å². The third kappa shape index (κ3) is 4.99. The zero-order valence-corrected chi connectivity index (χ0v) is 19.8. The summed E-state index contributed by atoms with van der Waals surface area (Å²) in [5.41, 5.74) is 1.23. The number of methoxy groups -OCH3 is 2. The second-order valence-electron chi connectivity index (χ2n) is 7.64. The van der Waals surface area contributed by atoms with Gasteiger partial charge in [-0.05, 0) is 30.7 Å². The van der Waals surface area contributed by atoms with Gasteiger partial charge in [-0.25, -0.2) is 8.42 Å². The maximum atomic E-state index is 12.8. The van der Waals surface area contributed by atoms with Crippen LogP contribution < -0.4 is 19.7 Å². The summed E-state index contributed by atoms with van der Waals surface area (Å²) < 4.78 is 33.8. The Balaban J connectivity index is 1.72. The van der Waals surface area contributed by atoms with E-state index in [1.165, 1.54) is 31.3 Å². The standard InChI is InChI=1S/C22H25ClN2O6S/c1-13(14-5-7-16(8-6-14)32(4,28)29)24-22(27)15-9-21(26)25(12-15)18-10-17(23)19(30-2)11-20(18)31-3/h5-8,10-11,13,15H,9,12H2,1-4H3,(H,24,27). The second-order valence-corrected chi connectivity index (χ2v) is 10.1. The van der Waals surface area contributed by atoms with E-state index in [4.69, 9.17) is 21.1 Å². The number of benzene rings is 2. The fourth-order valence-corrected chi connectivity index (χ4v) is 4.45. The Morgan fingerprint density at radius 1 is 1.16 bits per heavy atom. The Hall–Kier alpha value is -2.78.